The summed E-state index contributed by atoms with van der Waals surface area (Å²) < 4.78 is 2.12. The van der Waals surface area contributed by atoms with Crippen LogP contribution in [-0.4, -0.2) is 20.5 Å². The maximum atomic E-state index is 6.29. The first-order valence-corrected chi connectivity index (χ1v) is 8.37. The Morgan fingerprint density at radius 3 is 2.58 bits per heavy atom. The SMILES string of the molecule is CC(C)c1nnc2n1-c1ccc(Cl)cc1C(c1ccccc1)=NC2. The molecule has 3 aromatic rings. The molecular formula is C19H17ClN4. The summed E-state index contributed by atoms with van der Waals surface area (Å²) in [5.41, 5.74) is 4.05. The molecule has 0 radical (unpaired) electrons. The molecule has 5 heteroatoms. The summed E-state index contributed by atoms with van der Waals surface area (Å²) in [4.78, 5) is 4.82. The molecule has 1 aliphatic heterocycles. The highest BCUT2D eigenvalue weighted by atomic mass is 35.5. The van der Waals surface area contributed by atoms with E-state index in [1.54, 1.807) is 0 Å². The van der Waals surface area contributed by atoms with E-state index in [0.29, 0.717) is 11.6 Å². The van der Waals surface area contributed by atoms with E-state index in [1.807, 2.05) is 36.4 Å². The van der Waals surface area contributed by atoms with Gasteiger partial charge in [0, 0.05) is 22.1 Å². The molecule has 0 bridgehead atoms. The molecule has 0 saturated carbocycles. The molecule has 2 aromatic carbocycles. The van der Waals surface area contributed by atoms with Crippen LogP contribution in [0.4, 0.5) is 0 Å². The Labute approximate surface area is 145 Å². The van der Waals surface area contributed by atoms with Crippen molar-refractivity contribution in [3.8, 4) is 5.69 Å². The number of hydrogen-bond donors (Lipinski definition) is 0. The minimum absolute atomic E-state index is 0.271. The number of benzene rings is 2. The summed E-state index contributed by atoms with van der Waals surface area (Å²) in [6, 6.07) is 16.1. The van der Waals surface area contributed by atoms with Gasteiger partial charge in [-0.15, -0.1) is 10.2 Å². The molecule has 1 aliphatic rings. The van der Waals surface area contributed by atoms with Gasteiger partial charge in [-0.05, 0) is 18.2 Å². The summed E-state index contributed by atoms with van der Waals surface area (Å²) >= 11 is 6.29. The second-order valence-corrected chi connectivity index (χ2v) is 6.59. The highest BCUT2D eigenvalue weighted by Gasteiger charge is 2.24. The van der Waals surface area contributed by atoms with Crippen LogP contribution in [0.1, 0.15) is 42.5 Å². The van der Waals surface area contributed by atoms with Gasteiger partial charge in [0.05, 0.1) is 11.4 Å². The van der Waals surface area contributed by atoms with Crippen LogP contribution in [0.2, 0.25) is 5.02 Å². The zero-order chi connectivity index (χ0) is 16.7. The van der Waals surface area contributed by atoms with Crippen molar-refractivity contribution >= 4 is 17.3 Å². The lowest BCUT2D eigenvalue weighted by Crippen LogP contribution is -2.10. The average Bonchev–Trinajstić information content (AvgIpc) is 2.94. The second kappa shape index (κ2) is 5.87. The minimum Gasteiger partial charge on any atom is -0.281 e. The largest absolute Gasteiger partial charge is 0.281 e. The maximum absolute atomic E-state index is 6.29. The molecule has 4 rings (SSSR count). The van der Waals surface area contributed by atoms with Gasteiger partial charge in [0.15, 0.2) is 5.82 Å². The second-order valence-electron chi connectivity index (χ2n) is 6.16. The summed E-state index contributed by atoms with van der Waals surface area (Å²) in [5, 5.41) is 9.42. The maximum Gasteiger partial charge on any atom is 0.159 e. The van der Waals surface area contributed by atoms with Crippen LogP contribution < -0.4 is 0 Å². The van der Waals surface area contributed by atoms with Crippen LogP contribution in [0.3, 0.4) is 0 Å². The third-order valence-corrected chi connectivity index (χ3v) is 4.39. The minimum atomic E-state index is 0.271. The fourth-order valence-electron chi connectivity index (χ4n) is 3.04. The molecule has 0 saturated heterocycles. The Balaban J connectivity index is 1.99. The van der Waals surface area contributed by atoms with E-state index in [2.05, 4.69) is 40.7 Å². The predicted molar refractivity (Wildman–Crippen MR) is 96.2 cm³/mol. The van der Waals surface area contributed by atoms with Gasteiger partial charge in [0.25, 0.3) is 0 Å². The molecule has 0 unspecified atom stereocenters. The molecule has 4 nitrogen and oxygen atoms in total. The molecule has 24 heavy (non-hydrogen) atoms. The summed E-state index contributed by atoms with van der Waals surface area (Å²) in [7, 11) is 0. The van der Waals surface area contributed by atoms with Crippen molar-refractivity contribution < 1.29 is 0 Å². The van der Waals surface area contributed by atoms with Crippen molar-refractivity contribution in [2.75, 3.05) is 0 Å². The van der Waals surface area contributed by atoms with E-state index in [9.17, 15) is 0 Å². The summed E-state index contributed by atoms with van der Waals surface area (Å²) in [6.45, 7) is 4.74. The van der Waals surface area contributed by atoms with E-state index in [-0.39, 0.29) is 5.92 Å². The molecular weight excluding hydrogens is 320 g/mol. The van der Waals surface area contributed by atoms with E-state index in [1.165, 1.54) is 0 Å². The van der Waals surface area contributed by atoms with Gasteiger partial charge in [0.1, 0.15) is 12.4 Å². The molecule has 0 atom stereocenters. The van der Waals surface area contributed by atoms with Gasteiger partial charge < -0.3 is 0 Å². The first-order valence-electron chi connectivity index (χ1n) is 7.99. The van der Waals surface area contributed by atoms with Crippen molar-refractivity contribution in [2.45, 2.75) is 26.3 Å². The smallest absolute Gasteiger partial charge is 0.159 e. The highest BCUT2D eigenvalue weighted by Crippen LogP contribution is 2.29. The quantitative estimate of drug-likeness (QED) is 0.696. The lowest BCUT2D eigenvalue weighted by molar-refractivity contribution is 0.737. The predicted octanol–water partition coefficient (Wildman–Crippen LogP) is 4.40. The molecule has 120 valence electrons. The van der Waals surface area contributed by atoms with Crippen molar-refractivity contribution in [2.24, 2.45) is 4.99 Å². The lowest BCUT2D eigenvalue weighted by Gasteiger charge is -2.15. The van der Waals surface area contributed by atoms with E-state index in [4.69, 9.17) is 16.6 Å². The van der Waals surface area contributed by atoms with Gasteiger partial charge >= 0.3 is 0 Å². The van der Waals surface area contributed by atoms with Crippen LogP contribution in [0.25, 0.3) is 5.69 Å². The van der Waals surface area contributed by atoms with Gasteiger partial charge in [-0.3, -0.25) is 9.56 Å². The van der Waals surface area contributed by atoms with Gasteiger partial charge in [-0.2, -0.15) is 0 Å². The Hall–Kier alpha value is -2.46. The number of rotatable bonds is 2. The molecule has 0 fully saturated rings. The van der Waals surface area contributed by atoms with Crippen molar-refractivity contribution in [3.05, 3.63) is 76.3 Å². The topological polar surface area (TPSA) is 43.1 Å². The lowest BCUT2D eigenvalue weighted by atomic mass is 10.0. The number of aromatic nitrogens is 3. The molecule has 0 aliphatic carbocycles. The van der Waals surface area contributed by atoms with Crippen molar-refractivity contribution in [1.82, 2.24) is 14.8 Å². The number of halogens is 1. The van der Waals surface area contributed by atoms with Crippen LogP contribution in [0.5, 0.6) is 0 Å². The third-order valence-electron chi connectivity index (χ3n) is 4.15. The Morgan fingerprint density at radius 2 is 1.83 bits per heavy atom. The van der Waals surface area contributed by atoms with Gasteiger partial charge in [-0.25, -0.2) is 0 Å². The molecule has 2 heterocycles. The van der Waals surface area contributed by atoms with Gasteiger partial charge in [0.2, 0.25) is 0 Å². The van der Waals surface area contributed by atoms with Crippen LogP contribution in [0, 0.1) is 0 Å². The molecule has 0 N–H and O–H groups in total. The van der Waals surface area contributed by atoms with Crippen LogP contribution in [-0.2, 0) is 6.54 Å². The van der Waals surface area contributed by atoms with Crippen molar-refractivity contribution in [1.29, 1.82) is 0 Å². The number of hydrogen-bond acceptors (Lipinski definition) is 3. The Bertz CT molecular complexity index is 926. The number of nitrogens with zero attached hydrogens (tertiary/aromatic N) is 4. The average molecular weight is 337 g/mol. The summed E-state index contributed by atoms with van der Waals surface area (Å²) in [6.07, 6.45) is 0. The van der Waals surface area contributed by atoms with E-state index in [0.717, 1.165) is 34.2 Å². The van der Waals surface area contributed by atoms with Crippen LogP contribution in [0.15, 0.2) is 53.5 Å². The third kappa shape index (κ3) is 2.43. The number of fused-ring (bicyclic) bond motifs is 3. The zero-order valence-electron chi connectivity index (χ0n) is 13.6. The van der Waals surface area contributed by atoms with E-state index < -0.39 is 0 Å². The normalized spacial score (nSPS) is 13.2. The Kier molecular flexibility index (Phi) is 3.69. The van der Waals surface area contributed by atoms with Gasteiger partial charge in [-0.1, -0.05) is 55.8 Å². The highest BCUT2D eigenvalue weighted by molar-refractivity contribution is 6.31. The van der Waals surface area contributed by atoms with Crippen LogP contribution >= 0.6 is 11.6 Å². The monoisotopic (exact) mass is 336 g/mol. The fourth-order valence-corrected chi connectivity index (χ4v) is 3.21. The molecule has 0 spiro atoms. The number of aliphatic imine (C=N–C) groups is 1. The fraction of sp³-hybridized carbons (Fsp3) is 0.211. The van der Waals surface area contributed by atoms with Crippen molar-refractivity contribution in [3.63, 3.8) is 0 Å². The summed E-state index contributed by atoms with van der Waals surface area (Å²) in [5.74, 6) is 2.07. The molecule has 0 amide bonds. The first kappa shape index (κ1) is 15.1. The molecule has 1 aromatic heterocycles. The van der Waals surface area contributed by atoms with E-state index >= 15 is 0 Å². The zero-order valence-corrected chi connectivity index (χ0v) is 14.3. The first-order chi connectivity index (χ1) is 11.6. The standard InChI is InChI=1S/C19H17ClN4/c1-12(2)19-23-22-17-11-21-18(13-6-4-3-5-7-13)15-10-14(20)8-9-16(15)24(17)19/h3-10,12H,11H2,1-2H3. The Morgan fingerprint density at radius 1 is 1.04 bits per heavy atom.